The van der Waals surface area contributed by atoms with Crippen LogP contribution in [0.15, 0.2) is 42.5 Å². The number of H-pyrrole nitrogens is 1. The predicted octanol–water partition coefficient (Wildman–Crippen LogP) is 5.79. The number of amides is 1. The minimum Gasteiger partial charge on any atom is -0.496 e. The zero-order valence-corrected chi connectivity index (χ0v) is 18.1. The summed E-state index contributed by atoms with van der Waals surface area (Å²) >= 11 is 6.26. The fraction of sp³-hybridized carbons (Fsp3) is 0.375. The van der Waals surface area contributed by atoms with Gasteiger partial charge in [0, 0.05) is 22.5 Å². The number of hydrogen-bond donors (Lipinski definition) is 1. The highest BCUT2D eigenvalue weighted by Crippen LogP contribution is 2.45. The summed E-state index contributed by atoms with van der Waals surface area (Å²) in [5, 5.41) is 1.68. The minimum absolute atomic E-state index is 0.0272. The van der Waals surface area contributed by atoms with Gasteiger partial charge in [-0.15, -0.1) is 0 Å². The maximum atomic E-state index is 13.8. The summed E-state index contributed by atoms with van der Waals surface area (Å²) < 4.78 is 5.47. The van der Waals surface area contributed by atoms with E-state index in [9.17, 15) is 4.79 Å². The van der Waals surface area contributed by atoms with Crippen molar-refractivity contribution < 1.29 is 9.53 Å². The van der Waals surface area contributed by atoms with Gasteiger partial charge in [0.15, 0.2) is 0 Å². The van der Waals surface area contributed by atoms with Crippen molar-refractivity contribution >= 4 is 28.4 Å². The lowest BCUT2D eigenvalue weighted by atomic mass is 9.71. The number of aromatic amines is 1. The molecule has 2 aromatic carbocycles. The predicted molar refractivity (Wildman–Crippen MR) is 118 cm³/mol. The Bertz CT molecular complexity index is 1070. The van der Waals surface area contributed by atoms with Crippen LogP contribution in [0.25, 0.3) is 10.9 Å². The molecule has 0 bridgehead atoms. The number of benzene rings is 2. The lowest BCUT2D eigenvalue weighted by Crippen LogP contribution is -2.56. The van der Waals surface area contributed by atoms with Crippen molar-refractivity contribution in [2.45, 2.75) is 39.2 Å². The number of ether oxygens (including phenoxy) is 1. The highest BCUT2D eigenvalue weighted by molar-refractivity contribution is 6.30. The number of halogens is 1. The Hall–Kier alpha value is -2.46. The molecule has 152 valence electrons. The fourth-order valence-electron chi connectivity index (χ4n) is 5.03. The van der Waals surface area contributed by atoms with Crippen molar-refractivity contribution in [2.75, 3.05) is 13.7 Å². The first-order valence-corrected chi connectivity index (χ1v) is 10.6. The van der Waals surface area contributed by atoms with Crippen molar-refractivity contribution in [2.24, 2.45) is 5.92 Å². The second-order valence-electron chi connectivity index (χ2n) is 8.05. The second-order valence-corrected chi connectivity index (χ2v) is 8.48. The quantitative estimate of drug-likeness (QED) is 0.591. The van der Waals surface area contributed by atoms with Crippen LogP contribution in [-0.4, -0.2) is 29.4 Å². The molecule has 29 heavy (non-hydrogen) atoms. The molecule has 0 radical (unpaired) electrons. The Kier molecular flexibility index (Phi) is 5.07. The van der Waals surface area contributed by atoms with E-state index in [1.54, 1.807) is 7.11 Å². The third-order valence-electron chi connectivity index (χ3n) is 6.43. The molecule has 4 rings (SSSR count). The molecule has 4 nitrogen and oxygen atoms in total. The van der Waals surface area contributed by atoms with Gasteiger partial charge in [0.25, 0.3) is 5.91 Å². The minimum atomic E-state index is -0.364. The van der Waals surface area contributed by atoms with Crippen LogP contribution in [0.1, 0.15) is 48.8 Å². The van der Waals surface area contributed by atoms with Crippen molar-refractivity contribution in [3.05, 3.63) is 64.3 Å². The number of nitrogens with one attached hydrogen (secondary N) is 1. The number of carbonyl (C=O) groups is 1. The highest BCUT2D eigenvalue weighted by atomic mass is 35.5. The maximum Gasteiger partial charge on any atom is 0.271 e. The smallest absolute Gasteiger partial charge is 0.271 e. The molecule has 1 aromatic heterocycles. The van der Waals surface area contributed by atoms with E-state index in [1.165, 1.54) is 11.1 Å². The van der Waals surface area contributed by atoms with Crippen molar-refractivity contribution in [3.8, 4) is 5.75 Å². The molecule has 0 saturated heterocycles. The Morgan fingerprint density at radius 2 is 2.07 bits per heavy atom. The van der Waals surface area contributed by atoms with Crippen LogP contribution in [0.4, 0.5) is 0 Å². The van der Waals surface area contributed by atoms with E-state index in [4.69, 9.17) is 16.3 Å². The molecule has 1 amide bonds. The van der Waals surface area contributed by atoms with E-state index in [0.29, 0.717) is 12.2 Å². The second kappa shape index (κ2) is 7.42. The zero-order valence-electron chi connectivity index (χ0n) is 17.4. The van der Waals surface area contributed by atoms with Crippen LogP contribution in [0.3, 0.4) is 0 Å². The summed E-state index contributed by atoms with van der Waals surface area (Å²) in [4.78, 5) is 19.1. The summed E-state index contributed by atoms with van der Waals surface area (Å²) in [6, 6.07) is 13.8. The Morgan fingerprint density at radius 1 is 1.28 bits per heavy atom. The number of aromatic nitrogens is 1. The SMILES string of the molecule is CCC1(C(C)C)c2ccc(Cl)cc2CCN1C(=O)c1cc2c(OC)cccc2[nH]1. The monoisotopic (exact) mass is 410 g/mol. The van der Waals surface area contributed by atoms with Crippen LogP contribution in [0, 0.1) is 5.92 Å². The van der Waals surface area contributed by atoms with E-state index < -0.39 is 0 Å². The van der Waals surface area contributed by atoms with Crippen molar-refractivity contribution in [1.29, 1.82) is 0 Å². The first-order chi connectivity index (χ1) is 13.9. The molecule has 0 fully saturated rings. The van der Waals surface area contributed by atoms with Crippen LogP contribution in [0.5, 0.6) is 5.75 Å². The van der Waals surface area contributed by atoms with Crippen LogP contribution in [-0.2, 0) is 12.0 Å². The Labute approximate surface area is 176 Å². The number of fused-ring (bicyclic) bond motifs is 2. The van der Waals surface area contributed by atoms with Gasteiger partial charge in [-0.3, -0.25) is 4.79 Å². The molecule has 1 aliphatic rings. The lowest BCUT2D eigenvalue weighted by molar-refractivity contribution is 0.0203. The topological polar surface area (TPSA) is 45.3 Å². The molecule has 1 N–H and O–H groups in total. The van der Waals surface area contributed by atoms with Crippen LogP contribution >= 0.6 is 11.6 Å². The molecule has 1 atom stereocenters. The normalized spacial score (nSPS) is 18.9. The van der Waals surface area contributed by atoms with Gasteiger partial charge in [0.05, 0.1) is 12.6 Å². The third kappa shape index (κ3) is 3.01. The molecule has 2 heterocycles. The van der Waals surface area contributed by atoms with E-state index in [2.05, 4.69) is 42.8 Å². The summed E-state index contributed by atoms with van der Waals surface area (Å²) in [5.74, 6) is 1.05. The Morgan fingerprint density at radius 3 is 2.76 bits per heavy atom. The van der Waals surface area contributed by atoms with Gasteiger partial charge in [0.2, 0.25) is 0 Å². The average Bonchev–Trinajstić information content (AvgIpc) is 3.16. The molecule has 0 aliphatic carbocycles. The number of methoxy groups -OCH3 is 1. The van der Waals surface area contributed by atoms with Crippen molar-refractivity contribution in [1.82, 2.24) is 9.88 Å². The standard InChI is InChI=1S/C24H27ClN2O2/c1-5-24(15(2)3)19-10-9-17(25)13-16(19)11-12-27(24)23(28)21-14-18-20(26-21)7-6-8-22(18)29-4/h6-10,13-15,26H,5,11-12H2,1-4H3. The molecule has 0 spiro atoms. The average molecular weight is 411 g/mol. The molecule has 3 aromatic rings. The largest absolute Gasteiger partial charge is 0.496 e. The third-order valence-corrected chi connectivity index (χ3v) is 6.67. The summed E-state index contributed by atoms with van der Waals surface area (Å²) in [5.41, 5.74) is 3.60. The van der Waals surface area contributed by atoms with Gasteiger partial charge >= 0.3 is 0 Å². The van der Waals surface area contributed by atoms with Crippen LogP contribution < -0.4 is 4.74 Å². The molecular weight excluding hydrogens is 384 g/mol. The highest BCUT2D eigenvalue weighted by Gasteiger charge is 2.46. The first-order valence-electron chi connectivity index (χ1n) is 10.2. The van der Waals surface area contributed by atoms with Gasteiger partial charge < -0.3 is 14.6 Å². The number of nitrogens with zero attached hydrogens (tertiary/aromatic N) is 1. The molecule has 0 saturated carbocycles. The first kappa shape index (κ1) is 19.8. The summed E-state index contributed by atoms with van der Waals surface area (Å²) in [6.07, 6.45) is 1.65. The van der Waals surface area contributed by atoms with Gasteiger partial charge in [-0.2, -0.15) is 0 Å². The fourth-order valence-corrected chi connectivity index (χ4v) is 5.22. The lowest BCUT2D eigenvalue weighted by Gasteiger charge is -2.51. The van der Waals surface area contributed by atoms with E-state index in [1.807, 2.05) is 30.3 Å². The number of carbonyl (C=O) groups excluding carboxylic acids is 1. The van der Waals surface area contributed by atoms with Gasteiger partial charge in [0.1, 0.15) is 11.4 Å². The maximum absolute atomic E-state index is 13.8. The summed E-state index contributed by atoms with van der Waals surface area (Å²) in [7, 11) is 1.65. The van der Waals surface area contributed by atoms with E-state index >= 15 is 0 Å². The van der Waals surface area contributed by atoms with Gasteiger partial charge in [-0.05, 0) is 60.2 Å². The molecular formula is C24H27ClN2O2. The van der Waals surface area contributed by atoms with Crippen molar-refractivity contribution in [3.63, 3.8) is 0 Å². The van der Waals surface area contributed by atoms with E-state index in [0.717, 1.165) is 34.5 Å². The molecule has 1 unspecified atom stereocenters. The summed E-state index contributed by atoms with van der Waals surface area (Å²) in [6.45, 7) is 7.23. The van der Waals surface area contributed by atoms with E-state index in [-0.39, 0.29) is 17.4 Å². The molecule has 1 aliphatic heterocycles. The number of hydrogen-bond acceptors (Lipinski definition) is 2. The zero-order chi connectivity index (χ0) is 20.8. The Balaban J connectivity index is 1.83. The van der Waals surface area contributed by atoms with Gasteiger partial charge in [-0.1, -0.05) is 44.5 Å². The van der Waals surface area contributed by atoms with Crippen LogP contribution in [0.2, 0.25) is 5.02 Å². The van der Waals surface area contributed by atoms with Gasteiger partial charge in [-0.25, -0.2) is 0 Å². The number of rotatable bonds is 4. The molecule has 5 heteroatoms.